The number of nitrogens with one attached hydrogen (secondary N) is 1. The molecular weight excluding hydrogens is 482 g/mol. The second-order valence-electron chi connectivity index (χ2n) is 7.41. The Morgan fingerprint density at radius 3 is 2.94 bits per heavy atom. The number of halogens is 1. The predicted molar refractivity (Wildman–Crippen MR) is 122 cm³/mol. The van der Waals surface area contributed by atoms with Crippen LogP contribution in [0.4, 0.5) is 5.13 Å². The van der Waals surface area contributed by atoms with E-state index in [0.29, 0.717) is 29.3 Å². The van der Waals surface area contributed by atoms with Gasteiger partial charge in [0.05, 0.1) is 23.0 Å². The van der Waals surface area contributed by atoms with Crippen LogP contribution in [0.2, 0.25) is 0 Å². The number of carbonyl (C=O) groups excluding carboxylic acids is 1. The van der Waals surface area contributed by atoms with Gasteiger partial charge in [0, 0.05) is 15.7 Å². The van der Waals surface area contributed by atoms with E-state index in [2.05, 4.69) is 26.2 Å². The third-order valence-corrected chi connectivity index (χ3v) is 6.87. The van der Waals surface area contributed by atoms with Crippen molar-refractivity contribution in [2.75, 3.05) is 5.32 Å². The van der Waals surface area contributed by atoms with Crippen molar-refractivity contribution in [1.29, 1.82) is 0 Å². The molecular formula is C22H18BrN3O4S. The van der Waals surface area contributed by atoms with Crippen molar-refractivity contribution in [2.45, 2.75) is 32.2 Å². The average molecular weight is 500 g/mol. The van der Waals surface area contributed by atoms with Gasteiger partial charge in [0.2, 0.25) is 0 Å². The maximum Gasteiger partial charge on any atom is 0.267 e. The lowest BCUT2D eigenvalue weighted by Gasteiger charge is -2.23. The van der Waals surface area contributed by atoms with Gasteiger partial charge in [-0.25, -0.2) is 4.98 Å². The van der Waals surface area contributed by atoms with Crippen LogP contribution in [-0.2, 0) is 19.4 Å². The number of benzene rings is 1. The summed E-state index contributed by atoms with van der Waals surface area (Å²) in [7, 11) is 0. The largest absolute Gasteiger partial charge is 0.507 e. The van der Waals surface area contributed by atoms with Crippen molar-refractivity contribution in [3.05, 3.63) is 74.0 Å². The minimum Gasteiger partial charge on any atom is -0.507 e. The van der Waals surface area contributed by atoms with E-state index in [1.165, 1.54) is 11.3 Å². The normalized spacial score (nSPS) is 13.3. The van der Waals surface area contributed by atoms with Gasteiger partial charge in [0.1, 0.15) is 17.1 Å². The number of thiazole rings is 1. The first-order valence-corrected chi connectivity index (χ1v) is 11.5. The molecule has 3 aromatic heterocycles. The highest BCUT2D eigenvalue weighted by molar-refractivity contribution is 9.10. The van der Waals surface area contributed by atoms with Gasteiger partial charge >= 0.3 is 0 Å². The van der Waals surface area contributed by atoms with Crippen molar-refractivity contribution in [3.63, 3.8) is 0 Å². The van der Waals surface area contributed by atoms with Crippen molar-refractivity contribution >= 4 is 48.5 Å². The fourth-order valence-corrected chi connectivity index (χ4v) is 5.41. The summed E-state index contributed by atoms with van der Waals surface area (Å²) < 4.78 is 8.78. The van der Waals surface area contributed by atoms with Crippen LogP contribution in [-0.4, -0.2) is 20.6 Å². The molecule has 5 rings (SSSR count). The molecule has 0 saturated carbocycles. The summed E-state index contributed by atoms with van der Waals surface area (Å²) in [6.07, 6.45) is 4.67. The second kappa shape index (κ2) is 7.97. The lowest BCUT2D eigenvalue weighted by atomic mass is 9.93. The number of furan rings is 1. The first-order valence-electron chi connectivity index (χ1n) is 9.88. The molecule has 0 bridgehead atoms. The van der Waals surface area contributed by atoms with Gasteiger partial charge in [-0.15, -0.1) is 0 Å². The smallest absolute Gasteiger partial charge is 0.267 e. The molecule has 0 unspecified atom stereocenters. The molecule has 0 spiro atoms. The molecule has 9 heteroatoms. The predicted octanol–water partition coefficient (Wildman–Crippen LogP) is 4.70. The number of aromatic hydroxyl groups is 1. The van der Waals surface area contributed by atoms with Crippen molar-refractivity contribution < 1.29 is 14.3 Å². The maximum atomic E-state index is 13.3. The molecule has 7 nitrogen and oxygen atoms in total. The van der Waals surface area contributed by atoms with Crippen LogP contribution >= 0.6 is 27.3 Å². The molecule has 158 valence electrons. The van der Waals surface area contributed by atoms with Gasteiger partial charge < -0.3 is 14.1 Å². The van der Waals surface area contributed by atoms with Crippen LogP contribution in [0, 0.1) is 0 Å². The molecule has 1 aliphatic carbocycles. The summed E-state index contributed by atoms with van der Waals surface area (Å²) in [5.74, 6) is -0.275. The Labute approximate surface area is 189 Å². The molecule has 0 aliphatic heterocycles. The topological polar surface area (TPSA) is 97.4 Å². The highest BCUT2D eigenvalue weighted by atomic mass is 79.9. The van der Waals surface area contributed by atoms with Crippen LogP contribution in [0.25, 0.3) is 10.2 Å². The van der Waals surface area contributed by atoms with Crippen molar-refractivity contribution in [2.24, 2.45) is 0 Å². The summed E-state index contributed by atoms with van der Waals surface area (Å²) in [5, 5.41) is 13.9. The van der Waals surface area contributed by atoms with Crippen molar-refractivity contribution in [1.82, 2.24) is 9.55 Å². The van der Waals surface area contributed by atoms with Gasteiger partial charge in [0.25, 0.3) is 11.5 Å². The number of nitrogens with zero attached hydrogens (tertiary/aromatic N) is 2. The highest BCUT2D eigenvalue weighted by Crippen LogP contribution is 2.32. The molecule has 0 saturated heterocycles. The molecule has 31 heavy (non-hydrogen) atoms. The lowest BCUT2D eigenvalue weighted by molar-refractivity contribution is 0.102. The molecule has 1 amide bonds. The van der Waals surface area contributed by atoms with Crippen LogP contribution in [0.15, 0.2) is 50.3 Å². The number of aromatic nitrogens is 2. The Hall–Kier alpha value is -2.91. The minimum absolute atomic E-state index is 0.212. The van der Waals surface area contributed by atoms with Crippen LogP contribution in [0.1, 0.15) is 40.2 Å². The van der Waals surface area contributed by atoms with E-state index in [1.54, 1.807) is 23.0 Å². The summed E-state index contributed by atoms with van der Waals surface area (Å²) in [4.78, 5) is 30.8. The Morgan fingerprint density at radius 1 is 1.29 bits per heavy atom. The Balaban J connectivity index is 1.57. The number of hydrogen-bond acceptors (Lipinski definition) is 6. The molecule has 0 radical (unpaired) electrons. The Morgan fingerprint density at radius 2 is 2.13 bits per heavy atom. The van der Waals surface area contributed by atoms with E-state index < -0.39 is 11.5 Å². The highest BCUT2D eigenvalue weighted by Gasteiger charge is 2.28. The van der Waals surface area contributed by atoms with Crippen LogP contribution in [0.5, 0.6) is 5.75 Å². The van der Waals surface area contributed by atoms with Crippen molar-refractivity contribution in [3.8, 4) is 5.75 Å². The van der Waals surface area contributed by atoms with E-state index in [0.717, 1.165) is 33.2 Å². The van der Waals surface area contributed by atoms with Gasteiger partial charge in [-0.05, 0) is 56.0 Å². The zero-order valence-corrected chi connectivity index (χ0v) is 18.8. The van der Waals surface area contributed by atoms with E-state index in [4.69, 9.17) is 4.42 Å². The van der Waals surface area contributed by atoms with Crippen LogP contribution in [0.3, 0.4) is 0 Å². The van der Waals surface area contributed by atoms with Crippen LogP contribution < -0.4 is 10.9 Å². The van der Waals surface area contributed by atoms with E-state index in [1.807, 2.05) is 18.2 Å². The van der Waals surface area contributed by atoms with E-state index in [-0.39, 0.29) is 17.9 Å². The fourth-order valence-electron chi connectivity index (χ4n) is 3.99. The molecule has 3 heterocycles. The zero-order valence-electron chi connectivity index (χ0n) is 16.4. The summed E-state index contributed by atoms with van der Waals surface area (Å²) in [5.41, 5.74) is 1.39. The number of amides is 1. The molecule has 2 N–H and O–H groups in total. The molecule has 1 aliphatic rings. The maximum absolute atomic E-state index is 13.3. The van der Waals surface area contributed by atoms with Gasteiger partial charge in [-0.1, -0.05) is 27.3 Å². The third kappa shape index (κ3) is 3.68. The number of rotatable bonds is 4. The zero-order chi connectivity index (χ0) is 21.5. The second-order valence-corrected chi connectivity index (χ2v) is 9.36. The fraction of sp³-hybridized carbons (Fsp3) is 0.227. The third-order valence-electron chi connectivity index (χ3n) is 5.44. The standard InChI is InChI=1S/C22H18BrN3O4S/c23-12-7-8-15-17(10-12)31-22(24-15)25-20(28)18-19(27)14-5-1-2-6-16(14)26(21(18)29)11-13-4-3-9-30-13/h3-4,7-10,27H,1-2,5-6,11H2,(H,24,25,28). The molecule has 0 fully saturated rings. The first kappa shape index (κ1) is 20.0. The monoisotopic (exact) mass is 499 g/mol. The summed E-state index contributed by atoms with van der Waals surface area (Å²) in [6, 6.07) is 9.17. The van der Waals surface area contributed by atoms with Gasteiger partial charge in [0.15, 0.2) is 5.13 Å². The molecule has 1 aromatic carbocycles. The SMILES string of the molecule is O=C(Nc1nc2ccc(Br)cc2s1)c1c(O)c2c(n(Cc3ccco3)c1=O)CCCC2. The number of pyridine rings is 1. The van der Waals surface area contributed by atoms with Gasteiger partial charge in [-0.3, -0.25) is 14.9 Å². The number of hydrogen-bond donors (Lipinski definition) is 2. The summed E-state index contributed by atoms with van der Waals surface area (Å²) in [6.45, 7) is 0.212. The number of fused-ring (bicyclic) bond motifs is 2. The Bertz CT molecular complexity index is 1360. The summed E-state index contributed by atoms with van der Waals surface area (Å²) >= 11 is 4.73. The average Bonchev–Trinajstić information content (AvgIpc) is 3.40. The molecule has 0 atom stereocenters. The first-order chi connectivity index (χ1) is 15.0. The molecule has 4 aromatic rings. The minimum atomic E-state index is -0.665. The number of anilines is 1. The lowest BCUT2D eigenvalue weighted by Crippen LogP contribution is -2.34. The quantitative estimate of drug-likeness (QED) is 0.424. The van der Waals surface area contributed by atoms with E-state index in [9.17, 15) is 14.7 Å². The Kier molecular flexibility index (Phi) is 5.15. The van der Waals surface area contributed by atoms with Gasteiger partial charge in [-0.2, -0.15) is 0 Å². The van der Waals surface area contributed by atoms with E-state index >= 15 is 0 Å². The number of carbonyl (C=O) groups is 1.